The lowest BCUT2D eigenvalue weighted by molar-refractivity contribution is 0.0691. The number of nitriles is 1. The summed E-state index contributed by atoms with van der Waals surface area (Å²) in [6, 6.07) is 3.29. The Balaban J connectivity index is 2.18. The molecule has 0 aliphatic heterocycles. The molecule has 0 amide bonds. The highest BCUT2D eigenvalue weighted by Gasteiger charge is 2.15. The molecule has 2 aromatic rings. The molecule has 0 bridgehead atoms. The van der Waals surface area contributed by atoms with E-state index >= 15 is 0 Å². The van der Waals surface area contributed by atoms with E-state index in [1.165, 1.54) is 16.7 Å². The van der Waals surface area contributed by atoms with Crippen LogP contribution in [-0.2, 0) is 0 Å². The first-order valence-electron chi connectivity index (χ1n) is 5.70. The zero-order valence-electron chi connectivity index (χ0n) is 10.8. The number of carboxylic acids is 1. The first-order chi connectivity index (χ1) is 9.49. The van der Waals surface area contributed by atoms with Crippen LogP contribution in [0.3, 0.4) is 0 Å². The Labute approximate surface area is 119 Å². The summed E-state index contributed by atoms with van der Waals surface area (Å²) >= 11 is 1.24. The number of nitrogens with one attached hydrogen (secondary N) is 1. The molecule has 2 aromatic heterocycles. The summed E-state index contributed by atoms with van der Waals surface area (Å²) < 4.78 is 0. The molecule has 1 atom stereocenters. The molecule has 0 spiro atoms. The number of carbonyl (C=O) groups is 1. The van der Waals surface area contributed by atoms with Gasteiger partial charge in [-0.05, 0) is 19.9 Å². The number of hydrogen-bond donors (Lipinski definition) is 2. The maximum atomic E-state index is 10.8. The van der Waals surface area contributed by atoms with Crippen LogP contribution in [0, 0.1) is 18.3 Å². The van der Waals surface area contributed by atoms with Gasteiger partial charge >= 0.3 is 5.97 Å². The molecule has 20 heavy (non-hydrogen) atoms. The number of thiazole rings is 1. The Hall–Kier alpha value is -2.53. The third-order valence-corrected chi connectivity index (χ3v) is 3.45. The smallest absolute Gasteiger partial charge is 0.355 e. The molecule has 0 aliphatic carbocycles. The highest BCUT2D eigenvalue weighted by Crippen LogP contribution is 2.21. The summed E-state index contributed by atoms with van der Waals surface area (Å²) in [6.45, 7) is 3.59. The van der Waals surface area contributed by atoms with Gasteiger partial charge in [0.05, 0.1) is 6.04 Å². The number of hydrogen-bond acceptors (Lipinski definition) is 7. The first-order valence-corrected chi connectivity index (χ1v) is 6.58. The maximum absolute atomic E-state index is 10.8. The van der Waals surface area contributed by atoms with Gasteiger partial charge in [-0.3, -0.25) is 0 Å². The molecule has 102 valence electrons. The van der Waals surface area contributed by atoms with Gasteiger partial charge in [0.2, 0.25) is 5.95 Å². The summed E-state index contributed by atoms with van der Waals surface area (Å²) in [5.74, 6) is -0.737. The largest absolute Gasteiger partial charge is 0.476 e. The van der Waals surface area contributed by atoms with E-state index in [-0.39, 0.29) is 17.4 Å². The van der Waals surface area contributed by atoms with Gasteiger partial charge in [0.1, 0.15) is 16.8 Å². The molecular formula is C12H11N5O2S. The van der Waals surface area contributed by atoms with Gasteiger partial charge in [0.15, 0.2) is 5.69 Å². The van der Waals surface area contributed by atoms with Crippen molar-refractivity contribution in [2.24, 2.45) is 0 Å². The first kappa shape index (κ1) is 13.9. The summed E-state index contributed by atoms with van der Waals surface area (Å²) in [7, 11) is 0. The number of aromatic carboxylic acids is 1. The molecule has 2 heterocycles. The molecule has 0 aromatic carbocycles. The van der Waals surface area contributed by atoms with Crippen molar-refractivity contribution in [1.29, 1.82) is 5.26 Å². The molecule has 2 N–H and O–H groups in total. The number of nitrogens with zero attached hydrogens (tertiary/aromatic N) is 4. The van der Waals surface area contributed by atoms with Crippen molar-refractivity contribution in [3.63, 3.8) is 0 Å². The minimum Gasteiger partial charge on any atom is -0.476 e. The third kappa shape index (κ3) is 3.07. The van der Waals surface area contributed by atoms with E-state index in [1.807, 2.05) is 13.0 Å². The standard InChI is InChI=1S/C12H11N5O2S/c1-6-3-8(4-13)16-12(14-6)15-7(2)10-17-9(5-20-10)11(18)19/h3,5,7H,1-2H3,(H,18,19)(H,14,15,16). The van der Waals surface area contributed by atoms with E-state index in [9.17, 15) is 4.79 Å². The van der Waals surface area contributed by atoms with E-state index in [2.05, 4.69) is 20.3 Å². The molecule has 0 saturated heterocycles. The van der Waals surface area contributed by atoms with Gasteiger partial charge in [-0.2, -0.15) is 5.26 Å². The molecule has 0 radical (unpaired) electrons. The van der Waals surface area contributed by atoms with Crippen molar-refractivity contribution >= 4 is 23.3 Å². The predicted octanol–water partition coefficient (Wildman–Crippen LogP) is 1.98. The molecule has 7 nitrogen and oxygen atoms in total. The minimum atomic E-state index is -1.06. The SMILES string of the molecule is Cc1cc(C#N)nc(NC(C)c2nc(C(=O)O)cs2)n1. The Kier molecular flexibility index (Phi) is 3.91. The average molecular weight is 289 g/mol. The van der Waals surface area contributed by atoms with E-state index in [4.69, 9.17) is 10.4 Å². The lowest BCUT2D eigenvalue weighted by Crippen LogP contribution is -2.11. The quantitative estimate of drug-likeness (QED) is 0.885. The number of anilines is 1. The third-order valence-electron chi connectivity index (χ3n) is 2.43. The van der Waals surface area contributed by atoms with Crippen molar-refractivity contribution in [2.75, 3.05) is 5.32 Å². The number of carboxylic acid groups (broad SMARTS) is 1. The van der Waals surface area contributed by atoms with Crippen molar-refractivity contribution < 1.29 is 9.90 Å². The molecule has 1 unspecified atom stereocenters. The Morgan fingerprint density at radius 1 is 1.50 bits per heavy atom. The summed E-state index contributed by atoms with van der Waals surface area (Å²) in [5, 5.41) is 22.8. The highest BCUT2D eigenvalue weighted by molar-refractivity contribution is 7.09. The van der Waals surface area contributed by atoms with E-state index in [1.54, 1.807) is 13.0 Å². The second kappa shape index (κ2) is 5.63. The molecule has 8 heteroatoms. The summed E-state index contributed by atoms with van der Waals surface area (Å²) in [6.07, 6.45) is 0. The summed E-state index contributed by atoms with van der Waals surface area (Å²) in [5.41, 5.74) is 0.968. The van der Waals surface area contributed by atoms with Crippen LogP contribution in [0.15, 0.2) is 11.4 Å². The monoisotopic (exact) mass is 289 g/mol. The molecule has 2 rings (SSSR count). The normalized spacial score (nSPS) is 11.7. The zero-order chi connectivity index (χ0) is 14.7. The van der Waals surface area contributed by atoms with E-state index < -0.39 is 5.97 Å². The second-order valence-corrected chi connectivity index (χ2v) is 4.96. The van der Waals surface area contributed by atoms with Gasteiger partial charge in [0.25, 0.3) is 0 Å². The highest BCUT2D eigenvalue weighted by atomic mass is 32.1. The van der Waals surface area contributed by atoms with Gasteiger partial charge in [-0.1, -0.05) is 0 Å². The van der Waals surface area contributed by atoms with Crippen LogP contribution in [0.25, 0.3) is 0 Å². The second-order valence-electron chi connectivity index (χ2n) is 4.07. The topological polar surface area (TPSA) is 112 Å². The van der Waals surface area contributed by atoms with Crippen LogP contribution in [0.4, 0.5) is 5.95 Å². The van der Waals surface area contributed by atoms with Crippen molar-refractivity contribution in [3.05, 3.63) is 33.5 Å². The predicted molar refractivity (Wildman–Crippen MR) is 72.6 cm³/mol. The number of rotatable bonds is 4. The van der Waals surface area contributed by atoms with Crippen LogP contribution < -0.4 is 5.32 Å². The molecular weight excluding hydrogens is 278 g/mol. The maximum Gasteiger partial charge on any atom is 0.355 e. The molecule has 0 saturated carbocycles. The Morgan fingerprint density at radius 3 is 2.85 bits per heavy atom. The average Bonchev–Trinajstić information content (AvgIpc) is 2.87. The van der Waals surface area contributed by atoms with Gasteiger partial charge in [-0.25, -0.2) is 19.7 Å². The molecule has 0 fully saturated rings. The fraction of sp³-hybridized carbons (Fsp3) is 0.250. The van der Waals surface area contributed by atoms with E-state index in [0.29, 0.717) is 16.6 Å². The van der Waals surface area contributed by atoms with Crippen molar-refractivity contribution in [2.45, 2.75) is 19.9 Å². The van der Waals surface area contributed by atoms with Crippen LogP contribution in [0.2, 0.25) is 0 Å². The zero-order valence-corrected chi connectivity index (χ0v) is 11.6. The van der Waals surface area contributed by atoms with Gasteiger partial charge < -0.3 is 10.4 Å². The van der Waals surface area contributed by atoms with Crippen LogP contribution in [0.1, 0.15) is 39.8 Å². The van der Waals surface area contributed by atoms with Crippen molar-refractivity contribution in [3.8, 4) is 6.07 Å². The number of aryl methyl sites for hydroxylation is 1. The minimum absolute atomic E-state index is 0.0153. The van der Waals surface area contributed by atoms with Crippen LogP contribution in [0.5, 0.6) is 0 Å². The fourth-order valence-electron chi connectivity index (χ4n) is 1.53. The lowest BCUT2D eigenvalue weighted by Gasteiger charge is -2.11. The molecule has 0 aliphatic rings. The van der Waals surface area contributed by atoms with Gasteiger partial charge in [-0.15, -0.1) is 11.3 Å². The number of aromatic nitrogens is 3. The fourth-order valence-corrected chi connectivity index (χ4v) is 2.33. The van der Waals surface area contributed by atoms with E-state index in [0.717, 1.165) is 0 Å². The Morgan fingerprint density at radius 2 is 2.25 bits per heavy atom. The van der Waals surface area contributed by atoms with Crippen molar-refractivity contribution in [1.82, 2.24) is 15.0 Å². The van der Waals surface area contributed by atoms with Crippen LogP contribution in [-0.4, -0.2) is 26.0 Å². The summed E-state index contributed by atoms with van der Waals surface area (Å²) in [4.78, 5) is 23.0. The van der Waals surface area contributed by atoms with Gasteiger partial charge in [0, 0.05) is 11.1 Å². The lowest BCUT2D eigenvalue weighted by atomic mass is 10.3. The van der Waals surface area contributed by atoms with Crippen LogP contribution >= 0.6 is 11.3 Å². The Bertz CT molecular complexity index is 691.